The molecule has 31 heavy (non-hydrogen) atoms. The third-order valence-corrected chi connectivity index (χ3v) is 6.54. The summed E-state index contributed by atoms with van der Waals surface area (Å²) in [6.07, 6.45) is 0.483. The van der Waals surface area contributed by atoms with E-state index in [-0.39, 0.29) is 17.4 Å². The van der Waals surface area contributed by atoms with Crippen molar-refractivity contribution < 1.29 is 13.6 Å². The fourth-order valence-corrected chi connectivity index (χ4v) is 4.59. The largest absolute Gasteiger partial charge is 0.416 e. The van der Waals surface area contributed by atoms with E-state index in [0.29, 0.717) is 29.6 Å². The minimum absolute atomic E-state index is 0.00154. The molecule has 0 aliphatic rings. The number of aryl methyl sites for hydroxylation is 2. The van der Waals surface area contributed by atoms with Gasteiger partial charge in [-0.2, -0.15) is 0 Å². The maximum Gasteiger partial charge on any atom is 0.277 e. The molecule has 0 spiro atoms. The van der Waals surface area contributed by atoms with Crippen molar-refractivity contribution in [3.8, 4) is 0 Å². The zero-order chi connectivity index (χ0) is 22.0. The fourth-order valence-electron chi connectivity index (χ4n) is 3.32. The summed E-state index contributed by atoms with van der Waals surface area (Å²) in [5, 5.41) is 11.4. The molecular weight excluding hydrogens is 435 g/mol. The second kappa shape index (κ2) is 9.15. The summed E-state index contributed by atoms with van der Waals surface area (Å²) in [5.41, 5.74) is 4.41. The molecule has 0 atom stereocenters. The van der Waals surface area contributed by atoms with Crippen LogP contribution in [0.3, 0.4) is 0 Å². The maximum atomic E-state index is 13.2. The minimum atomic E-state index is -0.261. The number of rotatable bonds is 8. The van der Waals surface area contributed by atoms with E-state index in [0.717, 1.165) is 27.7 Å². The molecule has 0 unspecified atom stereocenters. The average Bonchev–Trinajstić information content (AvgIpc) is 3.44. The normalized spacial score (nSPS) is 11.2. The molecular formula is C22H21FN4O2S2. The van der Waals surface area contributed by atoms with Crippen LogP contribution in [0.25, 0.3) is 0 Å². The summed E-state index contributed by atoms with van der Waals surface area (Å²) in [7, 11) is 0. The standard InChI is InChI=1S/C22H21FN4O2S2/c1-13-8-19(14(2)27(13)10-16-4-6-17(23)7-5-16)20(28)12-31-22-26-25-21(29-22)9-18-11-30-15(3)24-18/h4-8,11H,9-10,12H2,1-3H3. The van der Waals surface area contributed by atoms with E-state index in [1.54, 1.807) is 23.5 Å². The molecule has 160 valence electrons. The van der Waals surface area contributed by atoms with Gasteiger partial charge in [-0.25, -0.2) is 9.37 Å². The molecule has 0 aliphatic heterocycles. The monoisotopic (exact) mass is 456 g/mol. The minimum Gasteiger partial charge on any atom is -0.416 e. The molecule has 0 saturated carbocycles. The molecule has 0 N–H and O–H groups in total. The molecule has 4 aromatic rings. The SMILES string of the molecule is Cc1nc(Cc2nnc(SCC(=O)c3cc(C)n(Cc4ccc(F)cc4)c3C)o2)cs1. The van der Waals surface area contributed by atoms with Crippen LogP contribution in [-0.2, 0) is 13.0 Å². The highest BCUT2D eigenvalue weighted by Gasteiger charge is 2.18. The fraction of sp³-hybridized carbons (Fsp3) is 0.273. The predicted molar refractivity (Wildman–Crippen MR) is 118 cm³/mol. The Morgan fingerprint density at radius 2 is 1.97 bits per heavy atom. The first-order valence-corrected chi connectivity index (χ1v) is 11.6. The summed E-state index contributed by atoms with van der Waals surface area (Å²) in [4.78, 5) is 17.2. The zero-order valence-corrected chi connectivity index (χ0v) is 19.0. The lowest BCUT2D eigenvalue weighted by Crippen LogP contribution is -2.07. The number of hydrogen-bond donors (Lipinski definition) is 0. The van der Waals surface area contributed by atoms with Crippen molar-refractivity contribution in [1.29, 1.82) is 0 Å². The van der Waals surface area contributed by atoms with Crippen LogP contribution in [0.1, 0.15) is 43.9 Å². The van der Waals surface area contributed by atoms with Gasteiger partial charge in [0.1, 0.15) is 5.82 Å². The highest BCUT2D eigenvalue weighted by atomic mass is 32.2. The number of carbonyl (C=O) groups is 1. The molecule has 3 aromatic heterocycles. The van der Waals surface area contributed by atoms with E-state index < -0.39 is 0 Å². The van der Waals surface area contributed by atoms with E-state index in [1.165, 1.54) is 23.9 Å². The highest BCUT2D eigenvalue weighted by molar-refractivity contribution is 7.99. The third-order valence-electron chi connectivity index (χ3n) is 4.90. The van der Waals surface area contributed by atoms with Crippen molar-refractivity contribution in [2.45, 2.75) is 39.0 Å². The molecule has 0 bridgehead atoms. The van der Waals surface area contributed by atoms with Crippen molar-refractivity contribution in [2.75, 3.05) is 5.75 Å². The van der Waals surface area contributed by atoms with Crippen LogP contribution in [0.15, 0.2) is 45.4 Å². The highest BCUT2D eigenvalue weighted by Crippen LogP contribution is 2.23. The number of aromatic nitrogens is 4. The Balaban J connectivity index is 1.39. The molecule has 0 fully saturated rings. The molecule has 0 radical (unpaired) electrons. The summed E-state index contributed by atoms with van der Waals surface area (Å²) in [6, 6.07) is 8.30. The molecule has 0 saturated heterocycles. The number of benzene rings is 1. The second-order valence-corrected chi connectivity index (χ2v) is 9.19. The van der Waals surface area contributed by atoms with Crippen LogP contribution < -0.4 is 0 Å². The first-order valence-electron chi connectivity index (χ1n) is 9.69. The summed E-state index contributed by atoms with van der Waals surface area (Å²) in [6.45, 7) is 6.42. The van der Waals surface area contributed by atoms with Crippen molar-refractivity contribution in [3.63, 3.8) is 0 Å². The van der Waals surface area contributed by atoms with Gasteiger partial charge in [0.15, 0.2) is 5.78 Å². The number of halogens is 1. The van der Waals surface area contributed by atoms with Gasteiger partial charge in [-0.05, 0) is 44.5 Å². The number of hydrogen-bond acceptors (Lipinski definition) is 7. The van der Waals surface area contributed by atoms with Gasteiger partial charge in [-0.15, -0.1) is 21.5 Å². The van der Waals surface area contributed by atoms with Gasteiger partial charge in [-0.1, -0.05) is 23.9 Å². The van der Waals surface area contributed by atoms with Crippen molar-refractivity contribution in [1.82, 2.24) is 19.7 Å². The number of ketones is 1. The van der Waals surface area contributed by atoms with Crippen molar-refractivity contribution in [2.24, 2.45) is 0 Å². The average molecular weight is 457 g/mol. The molecule has 4 rings (SSSR count). The number of nitrogens with zero attached hydrogens (tertiary/aromatic N) is 4. The Kier molecular flexibility index (Phi) is 6.33. The Hall–Kier alpha value is -2.78. The van der Waals surface area contributed by atoms with Gasteiger partial charge >= 0.3 is 0 Å². The smallest absolute Gasteiger partial charge is 0.277 e. The number of carbonyl (C=O) groups excluding carboxylic acids is 1. The van der Waals surface area contributed by atoms with Gasteiger partial charge in [0.25, 0.3) is 5.22 Å². The lowest BCUT2D eigenvalue weighted by Gasteiger charge is -2.10. The van der Waals surface area contributed by atoms with Gasteiger partial charge in [0, 0.05) is 28.9 Å². The molecule has 1 aromatic carbocycles. The molecule has 9 heteroatoms. The topological polar surface area (TPSA) is 73.8 Å². The second-order valence-electron chi connectivity index (χ2n) is 7.21. The van der Waals surface area contributed by atoms with E-state index in [2.05, 4.69) is 19.7 Å². The number of thiazole rings is 1. The molecule has 6 nitrogen and oxygen atoms in total. The number of thioether (sulfide) groups is 1. The maximum absolute atomic E-state index is 13.2. The van der Waals surface area contributed by atoms with E-state index in [1.807, 2.05) is 32.2 Å². The summed E-state index contributed by atoms with van der Waals surface area (Å²) >= 11 is 2.81. The quantitative estimate of drug-likeness (QED) is 0.274. The summed E-state index contributed by atoms with van der Waals surface area (Å²) < 4.78 is 20.9. The Morgan fingerprint density at radius 3 is 2.68 bits per heavy atom. The third kappa shape index (κ3) is 5.11. The van der Waals surface area contributed by atoms with E-state index in [9.17, 15) is 9.18 Å². The van der Waals surface area contributed by atoms with Gasteiger partial charge in [0.05, 0.1) is 22.9 Å². The first-order chi connectivity index (χ1) is 14.9. The van der Waals surface area contributed by atoms with Crippen LogP contribution in [0.2, 0.25) is 0 Å². The van der Waals surface area contributed by atoms with Crippen LogP contribution in [0, 0.1) is 26.6 Å². The lowest BCUT2D eigenvalue weighted by molar-refractivity contribution is 0.102. The van der Waals surface area contributed by atoms with Crippen LogP contribution >= 0.6 is 23.1 Å². The van der Waals surface area contributed by atoms with Gasteiger partial charge in [-0.3, -0.25) is 4.79 Å². The van der Waals surface area contributed by atoms with E-state index in [4.69, 9.17) is 4.42 Å². The Morgan fingerprint density at radius 1 is 1.19 bits per heavy atom. The van der Waals surface area contributed by atoms with Crippen LogP contribution in [0.5, 0.6) is 0 Å². The Labute approximate surface area is 187 Å². The van der Waals surface area contributed by atoms with Crippen molar-refractivity contribution in [3.05, 3.63) is 80.6 Å². The molecule has 0 aliphatic carbocycles. The first kappa shape index (κ1) is 21.5. The van der Waals surface area contributed by atoms with Crippen molar-refractivity contribution >= 4 is 28.9 Å². The van der Waals surface area contributed by atoms with Crippen LogP contribution in [-0.4, -0.2) is 31.3 Å². The lowest BCUT2D eigenvalue weighted by atomic mass is 10.2. The molecule has 0 amide bonds. The van der Waals surface area contributed by atoms with E-state index >= 15 is 0 Å². The van der Waals surface area contributed by atoms with Crippen LogP contribution in [0.4, 0.5) is 4.39 Å². The van der Waals surface area contributed by atoms with Gasteiger partial charge < -0.3 is 8.98 Å². The summed E-state index contributed by atoms with van der Waals surface area (Å²) in [5.74, 6) is 0.428. The Bertz CT molecular complexity index is 1210. The zero-order valence-electron chi connectivity index (χ0n) is 17.4. The predicted octanol–water partition coefficient (Wildman–Crippen LogP) is 5.01. The molecule has 3 heterocycles. The van der Waals surface area contributed by atoms with Gasteiger partial charge in [0.2, 0.25) is 5.89 Å². The number of Topliss-reactive ketones (excluding diaryl/α,β-unsaturated/α-hetero) is 1.